The molecule has 2 N–H and O–H groups in total. The maximum atomic E-state index is 12.3. The monoisotopic (exact) mass is 226 g/mol. The van der Waals surface area contributed by atoms with Gasteiger partial charge in [0.25, 0.3) is 0 Å². The van der Waals surface area contributed by atoms with Gasteiger partial charge in [0.15, 0.2) is 0 Å². The number of amides is 1. The van der Waals surface area contributed by atoms with Crippen LogP contribution >= 0.6 is 0 Å². The summed E-state index contributed by atoms with van der Waals surface area (Å²) >= 11 is 0. The van der Waals surface area contributed by atoms with Crippen LogP contribution < -0.4 is 5.73 Å². The van der Waals surface area contributed by atoms with Crippen LogP contribution in [0.5, 0.6) is 0 Å². The van der Waals surface area contributed by atoms with Gasteiger partial charge in [0.1, 0.15) is 0 Å². The zero-order valence-electron chi connectivity index (χ0n) is 10.0. The summed E-state index contributed by atoms with van der Waals surface area (Å²) in [5.74, 6) is 0.342. The average Bonchev–Trinajstić information content (AvgIpc) is 2.76. The van der Waals surface area contributed by atoms with Gasteiger partial charge < -0.3 is 15.4 Å². The third-order valence-corrected chi connectivity index (χ3v) is 3.70. The molecule has 4 heteroatoms. The molecule has 2 saturated heterocycles. The summed E-state index contributed by atoms with van der Waals surface area (Å²) in [5, 5.41) is 0. The van der Waals surface area contributed by atoms with Crippen molar-refractivity contribution in [1.29, 1.82) is 0 Å². The van der Waals surface area contributed by atoms with E-state index in [0.29, 0.717) is 0 Å². The Labute approximate surface area is 97.1 Å². The molecule has 3 atom stereocenters. The zero-order chi connectivity index (χ0) is 11.5. The van der Waals surface area contributed by atoms with Crippen molar-refractivity contribution in [3.63, 3.8) is 0 Å². The fourth-order valence-corrected chi connectivity index (χ4v) is 2.78. The van der Waals surface area contributed by atoms with Crippen LogP contribution in [0.25, 0.3) is 0 Å². The van der Waals surface area contributed by atoms with Gasteiger partial charge in [-0.1, -0.05) is 6.92 Å². The van der Waals surface area contributed by atoms with Crippen LogP contribution in [-0.4, -0.2) is 42.6 Å². The molecule has 0 radical (unpaired) electrons. The third kappa shape index (κ3) is 2.38. The fourth-order valence-electron chi connectivity index (χ4n) is 2.78. The van der Waals surface area contributed by atoms with Crippen molar-refractivity contribution in [3.8, 4) is 0 Å². The van der Waals surface area contributed by atoms with Crippen LogP contribution in [0.4, 0.5) is 0 Å². The Kier molecular flexibility index (Phi) is 3.82. The van der Waals surface area contributed by atoms with Gasteiger partial charge in [-0.2, -0.15) is 0 Å². The summed E-state index contributed by atoms with van der Waals surface area (Å²) < 4.78 is 5.57. The predicted molar refractivity (Wildman–Crippen MR) is 61.9 cm³/mol. The van der Waals surface area contributed by atoms with Crippen LogP contribution in [0.2, 0.25) is 0 Å². The van der Waals surface area contributed by atoms with Crippen LogP contribution in [0.1, 0.15) is 32.6 Å². The van der Waals surface area contributed by atoms with Crippen LogP contribution in [0.3, 0.4) is 0 Å². The van der Waals surface area contributed by atoms with E-state index in [1.54, 1.807) is 0 Å². The number of hydrogen-bond acceptors (Lipinski definition) is 3. The normalized spacial score (nSPS) is 35.4. The third-order valence-electron chi connectivity index (χ3n) is 3.70. The van der Waals surface area contributed by atoms with Crippen molar-refractivity contribution in [2.75, 3.05) is 19.7 Å². The summed E-state index contributed by atoms with van der Waals surface area (Å²) in [6, 6.07) is 0.167. The minimum atomic E-state index is 0.0790. The van der Waals surface area contributed by atoms with Crippen molar-refractivity contribution >= 4 is 5.91 Å². The Morgan fingerprint density at radius 2 is 2.31 bits per heavy atom. The van der Waals surface area contributed by atoms with E-state index >= 15 is 0 Å². The number of likely N-dealkylation sites (tertiary alicyclic amines) is 1. The molecule has 2 heterocycles. The lowest BCUT2D eigenvalue weighted by Crippen LogP contribution is -2.48. The largest absolute Gasteiger partial charge is 0.377 e. The average molecular weight is 226 g/mol. The molecular formula is C12H22N2O2. The predicted octanol–water partition coefficient (Wildman–Crippen LogP) is 0.751. The van der Waals surface area contributed by atoms with Crippen molar-refractivity contribution in [1.82, 2.24) is 4.90 Å². The number of nitrogens with zero attached hydrogens (tertiary/aromatic N) is 1. The first-order valence-electron chi connectivity index (χ1n) is 6.38. The highest BCUT2D eigenvalue weighted by Gasteiger charge is 2.36. The lowest BCUT2D eigenvalue weighted by Gasteiger charge is -2.33. The van der Waals surface area contributed by atoms with Crippen LogP contribution in [0, 0.1) is 5.92 Å². The molecule has 2 aliphatic rings. The maximum Gasteiger partial charge on any atom is 0.228 e. The van der Waals surface area contributed by atoms with E-state index in [1.807, 2.05) is 4.90 Å². The number of rotatable bonds is 2. The zero-order valence-corrected chi connectivity index (χ0v) is 10.0. The molecule has 16 heavy (non-hydrogen) atoms. The molecule has 0 saturated carbocycles. The second-order valence-electron chi connectivity index (χ2n) is 4.90. The molecule has 3 unspecified atom stereocenters. The molecule has 2 rings (SSSR count). The van der Waals surface area contributed by atoms with E-state index < -0.39 is 0 Å². The van der Waals surface area contributed by atoms with Gasteiger partial charge in [-0.3, -0.25) is 4.79 Å². The first-order valence-corrected chi connectivity index (χ1v) is 6.38. The van der Waals surface area contributed by atoms with Gasteiger partial charge in [-0.15, -0.1) is 0 Å². The highest BCUT2D eigenvalue weighted by molar-refractivity contribution is 5.79. The fraction of sp³-hybridized carbons (Fsp3) is 0.917. The number of carbonyl (C=O) groups excluding carboxylic acids is 1. The summed E-state index contributed by atoms with van der Waals surface area (Å²) in [4.78, 5) is 14.2. The smallest absolute Gasteiger partial charge is 0.228 e. The molecular weight excluding hydrogens is 204 g/mol. The number of hydrogen-bond donors (Lipinski definition) is 1. The van der Waals surface area contributed by atoms with E-state index in [0.717, 1.165) is 45.4 Å². The highest BCUT2D eigenvalue weighted by Crippen LogP contribution is 2.26. The van der Waals surface area contributed by atoms with E-state index in [1.165, 1.54) is 0 Å². The molecule has 0 spiro atoms. The summed E-state index contributed by atoms with van der Waals surface area (Å²) in [5.41, 5.74) is 5.90. The Bertz CT molecular complexity index is 257. The molecule has 2 fully saturated rings. The molecule has 0 aromatic heterocycles. The van der Waals surface area contributed by atoms with Gasteiger partial charge in [-0.25, -0.2) is 0 Å². The molecule has 0 aromatic rings. The first-order chi connectivity index (χ1) is 7.72. The summed E-state index contributed by atoms with van der Waals surface area (Å²) in [6.07, 6.45) is 4.02. The van der Waals surface area contributed by atoms with Gasteiger partial charge in [0.05, 0.1) is 12.0 Å². The summed E-state index contributed by atoms with van der Waals surface area (Å²) in [6.45, 7) is 4.41. The molecule has 1 amide bonds. The van der Waals surface area contributed by atoms with E-state index in [-0.39, 0.29) is 24.0 Å². The summed E-state index contributed by atoms with van der Waals surface area (Å²) in [7, 11) is 0. The van der Waals surface area contributed by atoms with Crippen molar-refractivity contribution in [2.24, 2.45) is 11.7 Å². The Hall–Kier alpha value is -0.610. The lowest BCUT2D eigenvalue weighted by molar-refractivity contribution is -0.138. The van der Waals surface area contributed by atoms with Crippen molar-refractivity contribution in [3.05, 3.63) is 0 Å². The quantitative estimate of drug-likeness (QED) is 0.756. The Morgan fingerprint density at radius 1 is 1.50 bits per heavy atom. The van der Waals surface area contributed by atoms with Gasteiger partial charge in [0.2, 0.25) is 5.91 Å². The molecule has 2 aliphatic heterocycles. The minimum absolute atomic E-state index is 0.0790. The molecule has 92 valence electrons. The number of piperidine rings is 1. The second kappa shape index (κ2) is 5.15. The number of nitrogens with two attached hydrogens (primary N) is 1. The number of ether oxygens (including phenoxy) is 1. The van der Waals surface area contributed by atoms with Crippen molar-refractivity contribution < 1.29 is 9.53 Å². The SMILES string of the molecule is CCC1OCCC1C(=O)N1CCCC(N)C1. The standard InChI is InChI=1S/C12H22N2O2/c1-2-11-10(5-7-16-11)12(15)14-6-3-4-9(13)8-14/h9-11H,2-8,13H2,1H3. The van der Waals surface area contributed by atoms with Gasteiger partial charge >= 0.3 is 0 Å². The topological polar surface area (TPSA) is 55.6 Å². The van der Waals surface area contributed by atoms with Crippen molar-refractivity contribution in [2.45, 2.75) is 44.8 Å². The van der Waals surface area contributed by atoms with E-state index in [4.69, 9.17) is 10.5 Å². The van der Waals surface area contributed by atoms with Crippen LogP contribution in [0.15, 0.2) is 0 Å². The number of carbonyl (C=O) groups is 1. The molecule has 4 nitrogen and oxygen atoms in total. The second-order valence-corrected chi connectivity index (χ2v) is 4.90. The lowest BCUT2D eigenvalue weighted by atomic mass is 9.96. The van der Waals surface area contributed by atoms with Gasteiger partial charge in [0, 0.05) is 25.7 Å². The van der Waals surface area contributed by atoms with E-state index in [2.05, 4.69) is 6.92 Å². The van der Waals surface area contributed by atoms with Crippen LogP contribution in [-0.2, 0) is 9.53 Å². The Balaban J connectivity index is 1.95. The molecule has 0 aliphatic carbocycles. The van der Waals surface area contributed by atoms with Gasteiger partial charge in [-0.05, 0) is 25.7 Å². The minimum Gasteiger partial charge on any atom is -0.377 e. The van der Waals surface area contributed by atoms with E-state index in [9.17, 15) is 4.79 Å². The highest BCUT2D eigenvalue weighted by atomic mass is 16.5. The molecule has 0 aromatic carbocycles. The molecule has 0 bridgehead atoms. The Morgan fingerprint density at radius 3 is 3.00 bits per heavy atom. The first kappa shape index (κ1) is 11.9. The maximum absolute atomic E-state index is 12.3.